The average molecular weight is 338 g/mol. The molecule has 1 aromatic rings. The van der Waals surface area contributed by atoms with Crippen LogP contribution in [0.3, 0.4) is 0 Å². The van der Waals surface area contributed by atoms with Gasteiger partial charge < -0.3 is 9.84 Å². The Morgan fingerprint density at radius 2 is 2.22 bits per heavy atom. The largest absolute Gasteiger partial charge is 0.508 e. The van der Waals surface area contributed by atoms with Crippen LogP contribution >= 0.6 is 11.6 Å². The summed E-state index contributed by atoms with van der Waals surface area (Å²) in [6, 6.07) is 6.00. The molecular formula is C19H28ClNO2. The van der Waals surface area contributed by atoms with E-state index < -0.39 is 0 Å². The van der Waals surface area contributed by atoms with Crippen LogP contribution in [0, 0.1) is 5.41 Å². The molecule has 0 aromatic heterocycles. The second-order valence-electron chi connectivity index (χ2n) is 6.95. The number of ether oxygens (including phenoxy) is 1. The van der Waals surface area contributed by atoms with Gasteiger partial charge in [-0.15, -0.1) is 11.6 Å². The number of hydrogen-bond acceptors (Lipinski definition) is 3. The molecule has 0 radical (unpaired) electrons. The highest BCUT2D eigenvalue weighted by atomic mass is 35.5. The van der Waals surface area contributed by atoms with Gasteiger partial charge in [-0.2, -0.15) is 0 Å². The van der Waals surface area contributed by atoms with Crippen molar-refractivity contribution in [1.82, 2.24) is 4.90 Å². The number of aliphatic hydroxyl groups excluding tert-OH is 1. The molecule has 23 heavy (non-hydrogen) atoms. The molecule has 3 nitrogen and oxygen atoms in total. The van der Waals surface area contributed by atoms with Crippen LogP contribution < -0.4 is 4.74 Å². The molecule has 1 aromatic carbocycles. The topological polar surface area (TPSA) is 32.7 Å². The molecule has 1 N–H and O–H groups in total. The third-order valence-corrected chi connectivity index (χ3v) is 5.24. The van der Waals surface area contributed by atoms with E-state index in [9.17, 15) is 5.11 Å². The molecule has 1 heterocycles. The number of likely N-dealkylation sites (tertiary alicyclic amines) is 1. The minimum atomic E-state index is 0.0396. The van der Waals surface area contributed by atoms with Crippen molar-refractivity contribution in [3.63, 3.8) is 0 Å². The summed E-state index contributed by atoms with van der Waals surface area (Å²) >= 11 is 5.97. The van der Waals surface area contributed by atoms with Gasteiger partial charge in [0, 0.05) is 17.5 Å². The lowest BCUT2D eigenvalue weighted by Gasteiger charge is -2.46. The zero-order valence-electron chi connectivity index (χ0n) is 14.4. The lowest BCUT2D eigenvalue weighted by atomic mass is 9.76. The van der Waals surface area contributed by atoms with Crippen molar-refractivity contribution in [3.8, 4) is 5.75 Å². The number of nitrogens with zero attached hydrogens (tertiary/aromatic N) is 1. The summed E-state index contributed by atoms with van der Waals surface area (Å²) in [4.78, 5) is 2.51. The van der Waals surface area contributed by atoms with Gasteiger partial charge in [-0.05, 0) is 55.1 Å². The molecule has 0 aliphatic carbocycles. The highest BCUT2D eigenvalue weighted by Gasteiger charge is 2.37. The van der Waals surface area contributed by atoms with Gasteiger partial charge in [0.15, 0.2) is 0 Å². The van der Waals surface area contributed by atoms with Crippen LogP contribution in [0.1, 0.15) is 44.7 Å². The molecule has 1 fully saturated rings. The van der Waals surface area contributed by atoms with E-state index in [2.05, 4.69) is 32.3 Å². The first-order valence-corrected chi connectivity index (χ1v) is 8.86. The first-order valence-electron chi connectivity index (χ1n) is 8.33. The molecule has 1 aliphatic rings. The Balaban J connectivity index is 2.11. The van der Waals surface area contributed by atoms with E-state index in [0.717, 1.165) is 24.4 Å². The SMILES string of the molecule is C=C(O)c1ccc(OCC2N(CC)CCCC2(C)C)cc1CCl. The van der Waals surface area contributed by atoms with E-state index in [-0.39, 0.29) is 11.2 Å². The number of rotatable bonds is 6. The summed E-state index contributed by atoms with van der Waals surface area (Å²) in [5.41, 5.74) is 1.77. The van der Waals surface area contributed by atoms with E-state index in [1.54, 1.807) is 0 Å². The molecule has 0 amide bonds. The van der Waals surface area contributed by atoms with Crippen LogP contribution in [-0.4, -0.2) is 35.7 Å². The fourth-order valence-corrected chi connectivity index (χ4v) is 3.71. The van der Waals surface area contributed by atoms with Gasteiger partial charge in [-0.3, -0.25) is 4.90 Å². The summed E-state index contributed by atoms with van der Waals surface area (Å²) in [5, 5.41) is 9.59. The van der Waals surface area contributed by atoms with E-state index >= 15 is 0 Å². The van der Waals surface area contributed by atoms with Crippen LogP contribution in [0.2, 0.25) is 0 Å². The Kier molecular flexibility index (Phi) is 5.99. The molecule has 1 atom stereocenters. The third kappa shape index (κ3) is 4.21. The van der Waals surface area contributed by atoms with Crippen LogP contribution in [0.25, 0.3) is 5.76 Å². The third-order valence-electron chi connectivity index (χ3n) is 4.95. The quantitative estimate of drug-likeness (QED) is 0.595. The zero-order valence-corrected chi connectivity index (χ0v) is 15.2. The standard InChI is InChI=1S/C19H28ClNO2/c1-5-21-10-6-9-19(3,4)18(21)13-23-16-7-8-17(14(2)22)15(11-16)12-20/h7-8,11,18,22H,2,5-6,9-10,12-13H2,1,3-4H3. The molecule has 1 saturated heterocycles. The summed E-state index contributed by atoms with van der Waals surface area (Å²) in [7, 11) is 0. The van der Waals surface area contributed by atoms with Gasteiger partial charge in [0.05, 0.1) is 0 Å². The number of alkyl halides is 1. The molecular weight excluding hydrogens is 310 g/mol. The predicted molar refractivity (Wildman–Crippen MR) is 97.2 cm³/mol. The maximum Gasteiger partial charge on any atom is 0.119 e. The van der Waals surface area contributed by atoms with Crippen LogP contribution in [0.15, 0.2) is 24.8 Å². The highest BCUT2D eigenvalue weighted by Crippen LogP contribution is 2.35. The van der Waals surface area contributed by atoms with E-state index in [1.165, 1.54) is 12.8 Å². The smallest absolute Gasteiger partial charge is 0.119 e. The summed E-state index contributed by atoms with van der Waals surface area (Å²) in [6.45, 7) is 13.3. The lowest BCUT2D eigenvalue weighted by Crippen LogP contribution is -2.52. The van der Waals surface area contributed by atoms with Crippen molar-refractivity contribution < 1.29 is 9.84 Å². The minimum absolute atomic E-state index is 0.0396. The summed E-state index contributed by atoms with van der Waals surface area (Å²) in [5.74, 6) is 1.16. The molecule has 0 saturated carbocycles. The summed E-state index contributed by atoms with van der Waals surface area (Å²) in [6.07, 6.45) is 2.48. The van der Waals surface area contributed by atoms with Gasteiger partial charge in [0.1, 0.15) is 18.1 Å². The van der Waals surface area contributed by atoms with E-state index in [0.29, 0.717) is 24.1 Å². The van der Waals surface area contributed by atoms with Crippen molar-refractivity contribution in [1.29, 1.82) is 0 Å². The maximum absolute atomic E-state index is 9.59. The maximum atomic E-state index is 9.59. The Bertz CT molecular complexity index is 556. The normalized spacial score (nSPS) is 21.1. The van der Waals surface area contributed by atoms with Gasteiger partial charge in [-0.25, -0.2) is 0 Å². The molecule has 1 unspecified atom stereocenters. The average Bonchev–Trinajstić information content (AvgIpc) is 2.52. The fraction of sp³-hybridized carbons (Fsp3) is 0.579. The molecule has 0 bridgehead atoms. The molecule has 1 aliphatic heterocycles. The number of piperidine rings is 1. The van der Waals surface area contributed by atoms with Crippen molar-refractivity contribution in [2.75, 3.05) is 19.7 Å². The number of halogens is 1. The van der Waals surface area contributed by atoms with Gasteiger partial charge >= 0.3 is 0 Å². The van der Waals surface area contributed by atoms with Crippen LogP contribution in [0.4, 0.5) is 0 Å². The minimum Gasteiger partial charge on any atom is -0.508 e. The highest BCUT2D eigenvalue weighted by molar-refractivity contribution is 6.17. The predicted octanol–water partition coefficient (Wildman–Crippen LogP) is 4.84. The van der Waals surface area contributed by atoms with Gasteiger partial charge in [0.2, 0.25) is 0 Å². The van der Waals surface area contributed by atoms with Crippen LogP contribution in [0.5, 0.6) is 5.75 Å². The Morgan fingerprint density at radius 1 is 1.48 bits per heavy atom. The Hall–Kier alpha value is -1.19. The second-order valence-corrected chi connectivity index (χ2v) is 7.21. The van der Waals surface area contributed by atoms with E-state index in [4.69, 9.17) is 16.3 Å². The first-order chi connectivity index (χ1) is 10.9. The number of hydrogen-bond donors (Lipinski definition) is 1. The molecule has 2 rings (SSSR count). The second kappa shape index (κ2) is 7.59. The molecule has 4 heteroatoms. The van der Waals surface area contributed by atoms with Crippen LogP contribution in [-0.2, 0) is 5.88 Å². The van der Waals surface area contributed by atoms with Gasteiger partial charge in [0.25, 0.3) is 0 Å². The molecule has 128 valence electrons. The zero-order chi connectivity index (χ0) is 17.0. The van der Waals surface area contributed by atoms with Gasteiger partial charge in [-0.1, -0.05) is 27.4 Å². The monoisotopic (exact) mass is 337 g/mol. The van der Waals surface area contributed by atoms with Crippen molar-refractivity contribution in [2.45, 2.75) is 45.5 Å². The number of benzene rings is 1. The van der Waals surface area contributed by atoms with Crippen molar-refractivity contribution in [2.24, 2.45) is 5.41 Å². The van der Waals surface area contributed by atoms with Crippen molar-refractivity contribution >= 4 is 17.4 Å². The lowest BCUT2D eigenvalue weighted by molar-refractivity contribution is 0.0112. The Labute approximate surface area is 144 Å². The van der Waals surface area contributed by atoms with Crippen molar-refractivity contribution in [3.05, 3.63) is 35.9 Å². The number of likely N-dealkylation sites (N-methyl/N-ethyl adjacent to an activating group) is 1. The number of aliphatic hydroxyl groups is 1. The Morgan fingerprint density at radius 3 is 2.83 bits per heavy atom. The van der Waals surface area contributed by atoms with E-state index in [1.807, 2.05) is 18.2 Å². The molecule has 0 spiro atoms. The summed E-state index contributed by atoms with van der Waals surface area (Å²) < 4.78 is 6.08. The fourth-order valence-electron chi connectivity index (χ4n) is 3.49. The first kappa shape index (κ1) is 18.2.